The van der Waals surface area contributed by atoms with E-state index in [1.807, 2.05) is 0 Å². The van der Waals surface area contributed by atoms with E-state index < -0.39 is 59.8 Å². The van der Waals surface area contributed by atoms with E-state index in [9.17, 15) is 33.1 Å². The summed E-state index contributed by atoms with van der Waals surface area (Å²) in [7, 11) is -5.07. The second-order valence-corrected chi connectivity index (χ2v) is 18.4. The molecule has 0 saturated carbocycles. The number of allylic oxidation sites excluding steroid dienone is 8. The summed E-state index contributed by atoms with van der Waals surface area (Å²) < 4.78 is 59.2. The number of carbonyl (C=O) groups is 1. The van der Waals surface area contributed by atoms with Crippen molar-refractivity contribution < 1.29 is 56.2 Å². The average Bonchev–Trinajstić information content (AvgIpc) is 3.27. The van der Waals surface area contributed by atoms with E-state index in [1.165, 1.54) is 116 Å². The summed E-state index contributed by atoms with van der Waals surface area (Å²) >= 11 is 0. The molecule has 0 radical (unpaired) electrons. The number of esters is 1. The van der Waals surface area contributed by atoms with Crippen molar-refractivity contribution in [3.63, 3.8) is 0 Å². The zero-order chi connectivity index (χ0) is 46.8. The van der Waals surface area contributed by atoms with Crippen LogP contribution in [0.5, 0.6) is 0 Å². The van der Waals surface area contributed by atoms with Crippen molar-refractivity contribution in [2.24, 2.45) is 0 Å². The Balaban J connectivity index is 2.38. The first-order chi connectivity index (χ1) is 31.1. The lowest BCUT2D eigenvalue weighted by molar-refractivity contribution is -0.301. The summed E-state index contributed by atoms with van der Waals surface area (Å²) in [4.78, 5) is 12.9. The smallest absolute Gasteiger partial charge is 0.397 e. The highest BCUT2D eigenvalue weighted by atomic mass is 32.3. The Morgan fingerprint density at radius 3 is 1.48 bits per heavy atom. The first kappa shape index (κ1) is 60.1. The van der Waals surface area contributed by atoms with Crippen LogP contribution in [-0.2, 0) is 38.3 Å². The van der Waals surface area contributed by atoms with Crippen LogP contribution in [0.3, 0.4) is 0 Å². The predicted molar refractivity (Wildman–Crippen MR) is 257 cm³/mol. The number of hydrogen-bond donors (Lipinski definition) is 4. The van der Waals surface area contributed by atoms with Crippen molar-refractivity contribution >= 4 is 16.4 Å². The van der Waals surface area contributed by atoms with Gasteiger partial charge in [-0.25, -0.2) is 4.18 Å². The third-order valence-corrected chi connectivity index (χ3v) is 11.9. The Hall–Kier alpha value is -1.94. The molecule has 6 atom stereocenters. The van der Waals surface area contributed by atoms with Gasteiger partial charge in [-0.3, -0.25) is 9.35 Å². The third-order valence-electron chi connectivity index (χ3n) is 11.4. The summed E-state index contributed by atoms with van der Waals surface area (Å²) in [5.41, 5.74) is 0. The molecule has 1 rings (SSSR count). The molecule has 1 aliphatic heterocycles. The summed E-state index contributed by atoms with van der Waals surface area (Å²) in [6.45, 7) is 3.94. The zero-order valence-electron chi connectivity index (χ0n) is 40.1. The summed E-state index contributed by atoms with van der Waals surface area (Å²) in [5, 5.41) is 30.7. The third kappa shape index (κ3) is 35.3. The quantitative estimate of drug-likeness (QED) is 0.0197. The molecule has 1 aliphatic rings. The molecule has 0 aromatic carbocycles. The summed E-state index contributed by atoms with van der Waals surface area (Å²) in [6.07, 6.45) is 42.7. The second-order valence-electron chi connectivity index (χ2n) is 17.4. The molecular weight excluding hydrogens is 837 g/mol. The van der Waals surface area contributed by atoms with Crippen LogP contribution >= 0.6 is 0 Å². The fourth-order valence-electron chi connectivity index (χ4n) is 7.56. The SMILES string of the molecule is CCCCC/C=C\C/C=C\CCCCCCCCCCCC(=O)OC(COCCCCCCCCCC/C=C\C/C=C\CCCCC)COC1OC(CO)C(O)C(OS(=O)(=O)O)C1O. The zero-order valence-corrected chi connectivity index (χ0v) is 40.9. The molecule has 0 spiro atoms. The number of carbonyl (C=O) groups excluding carboxylic acids is 1. The molecular formula is C51H92O12S. The molecule has 1 saturated heterocycles. The molecule has 1 fully saturated rings. The minimum atomic E-state index is -5.07. The van der Waals surface area contributed by atoms with Crippen molar-refractivity contribution in [3.8, 4) is 0 Å². The maximum atomic E-state index is 12.9. The Morgan fingerprint density at radius 1 is 0.594 bits per heavy atom. The summed E-state index contributed by atoms with van der Waals surface area (Å²) in [6, 6.07) is 0. The van der Waals surface area contributed by atoms with Crippen molar-refractivity contribution in [1.82, 2.24) is 0 Å². The standard InChI is InChI=1S/C51H92O12S/c1-3-5-7-9-11-13-15-17-19-21-23-24-26-28-30-32-34-36-38-40-47(53)61-45(44-60-51-49(55)50(63-64(56,57)58)48(54)46(42-52)62-51)43-59-41-39-37-35-33-31-29-27-25-22-20-18-16-14-12-10-8-6-4-2/h11-14,17-20,45-46,48-52,54-55H,3-10,15-16,21-44H2,1-2H3,(H,56,57,58)/b13-11-,14-12-,19-17-,20-18-. The second kappa shape index (κ2) is 42.4. The van der Waals surface area contributed by atoms with E-state index in [1.54, 1.807) is 0 Å². The molecule has 64 heavy (non-hydrogen) atoms. The molecule has 0 amide bonds. The minimum absolute atomic E-state index is 0.0298. The highest BCUT2D eigenvalue weighted by Gasteiger charge is 2.48. The van der Waals surface area contributed by atoms with E-state index in [0.29, 0.717) is 13.0 Å². The van der Waals surface area contributed by atoms with Crippen LogP contribution in [0.25, 0.3) is 0 Å². The van der Waals surface area contributed by atoms with Gasteiger partial charge in [-0.15, -0.1) is 0 Å². The molecule has 6 unspecified atom stereocenters. The van der Waals surface area contributed by atoms with Crippen molar-refractivity contribution in [1.29, 1.82) is 0 Å². The Labute approximate surface area is 389 Å². The monoisotopic (exact) mass is 929 g/mol. The summed E-state index contributed by atoms with van der Waals surface area (Å²) in [5.74, 6) is -0.406. The molecule has 0 aromatic heterocycles. The van der Waals surface area contributed by atoms with Gasteiger partial charge < -0.3 is 34.3 Å². The van der Waals surface area contributed by atoms with Gasteiger partial charge in [0, 0.05) is 13.0 Å². The van der Waals surface area contributed by atoms with Crippen LogP contribution in [0.4, 0.5) is 0 Å². The van der Waals surface area contributed by atoms with Crippen molar-refractivity contribution in [2.45, 2.75) is 243 Å². The maximum Gasteiger partial charge on any atom is 0.397 e. The molecule has 12 nitrogen and oxygen atoms in total. The molecule has 4 N–H and O–H groups in total. The van der Waals surface area contributed by atoms with Gasteiger partial charge in [0.05, 0.1) is 19.8 Å². The van der Waals surface area contributed by atoms with Gasteiger partial charge in [-0.1, -0.05) is 172 Å². The predicted octanol–water partition coefficient (Wildman–Crippen LogP) is 11.5. The van der Waals surface area contributed by atoms with Gasteiger partial charge in [0.1, 0.15) is 30.5 Å². The Bertz CT molecular complexity index is 1300. The van der Waals surface area contributed by atoms with Gasteiger partial charge in [0.2, 0.25) is 0 Å². The van der Waals surface area contributed by atoms with Gasteiger partial charge in [0.25, 0.3) is 0 Å². The van der Waals surface area contributed by atoms with Gasteiger partial charge in [-0.2, -0.15) is 8.42 Å². The highest BCUT2D eigenvalue weighted by molar-refractivity contribution is 7.80. The molecule has 13 heteroatoms. The van der Waals surface area contributed by atoms with Crippen LogP contribution in [-0.4, -0.2) is 97.5 Å². The number of unbranched alkanes of at least 4 members (excludes halogenated alkanes) is 23. The normalized spacial score (nSPS) is 20.1. The number of hydrogen-bond acceptors (Lipinski definition) is 11. The number of ether oxygens (including phenoxy) is 4. The van der Waals surface area contributed by atoms with E-state index >= 15 is 0 Å². The molecule has 0 bridgehead atoms. The van der Waals surface area contributed by atoms with E-state index in [0.717, 1.165) is 64.2 Å². The van der Waals surface area contributed by atoms with Crippen LogP contribution < -0.4 is 0 Å². The number of rotatable bonds is 44. The number of aliphatic hydroxyl groups is 3. The van der Waals surface area contributed by atoms with Gasteiger partial charge in [-0.05, 0) is 77.0 Å². The lowest BCUT2D eigenvalue weighted by Crippen LogP contribution is -2.60. The molecule has 0 aliphatic carbocycles. The minimum Gasteiger partial charge on any atom is -0.457 e. The largest absolute Gasteiger partial charge is 0.457 e. The van der Waals surface area contributed by atoms with E-state index in [-0.39, 0.29) is 19.6 Å². The van der Waals surface area contributed by atoms with Gasteiger partial charge >= 0.3 is 16.4 Å². The van der Waals surface area contributed by atoms with Gasteiger partial charge in [0.15, 0.2) is 6.29 Å². The van der Waals surface area contributed by atoms with Crippen LogP contribution in [0, 0.1) is 0 Å². The van der Waals surface area contributed by atoms with Crippen LogP contribution in [0.1, 0.15) is 206 Å². The Kier molecular flexibility index (Phi) is 39.8. The maximum absolute atomic E-state index is 12.9. The lowest BCUT2D eigenvalue weighted by Gasteiger charge is -2.41. The van der Waals surface area contributed by atoms with Crippen LogP contribution in [0.15, 0.2) is 48.6 Å². The first-order valence-electron chi connectivity index (χ1n) is 25.4. The molecule has 1 heterocycles. The fraction of sp³-hybridized carbons (Fsp3) is 0.824. The average molecular weight is 929 g/mol. The molecule has 0 aromatic rings. The van der Waals surface area contributed by atoms with Crippen molar-refractivity contribution in [3.05, 3.63) is 48.6 Å². The van der Waals surface area contributed by atoms with E-state index in [2.05, 4.69) is 66.6 Å². The highest BCUT2D eigenvalue weighted by Crippen LogP contribution is 2.26. The van der Waals surface area contributed by atoms with E-state index in [4.69, 9.17) is 18.9 Å². The van der Waals surface area contributed by atoms with Crippen LogP contribution in [0.2, 0.25) is 0 Å². The van der Waals surface area contributed by atoms with Crippen molar-refractivity contribution in [2.75, 3.05) is 26.4 Å². The fourth-order valence-corrected chi connectivity index (χ4v) is 8.07. The first-order valence-corrected chi connectivity index (χ1v) is 26.8. The lowest BCUT2D eigenvalue weighted by atomic mass is 9.99. The Morgan fingerprint density at radius 2 is 1.03 bits per heavy atom. The number of aliphatic hydroxyl groups excluding tert-OH is 3. The topological polar surface area (TPSA) is 178 Å². The molecule has 374 valence electrons.